The summed E-state index contributed by atoms with van der Waals surface area (Å²) in [6.07, 6.45) is 8.00. The van der Waals surface area contributed by atoms with Gasteiger partial charge in [0.15, 0.2) is 0 Å². The molecule has 0 saturated heterocycles. The van der Waals surface area contributed by atoms with Crippen LogP contribution in [0.2, 0.25) is 0 Å². The van der Waals surface area contributed by atoms with E-state index in [9.17, 15) is 0 Å². The Morgan fingerprint density at radius 3 is 2.76 bits per heavy atom. The first-order chi connectivity index (χ1) is 8.34. The standard InChI is InChI=1S/C15H21BrO/c16-14-8-4-6-13(12-14)7-5-11-17-15-9-2-1-3-10-15/h1-3,9-10,13-14H,4-8,11-12H2. The largest absolute Gasteiger partial charge is 0.494 e. The van der Waals surface area contributed by atoms with Crippen LogP contribution in [0.1, 0.15) is 38.5 Å². The van der Waals surface area contributed by atoms with Crippen molar-refractivity contribution >= 4 is 15.9 Å². The molecule has 1 nitrogen and oxygen atoms in total. The fourth-order valence-corrected chi connectivity index (χ4v) is 3.42. The maximum Gasteiger partial charge on any atom is 0.119 e. The number of hydrogen-bond donors (Lipinski definition) is 0. The van der Waals surface area contributed by atoms with Gasteiger partial charge in [0.05, 0.1) is 6.61 Å². The van der Waals surface area contributed by atoms with Gasteiger partial charge in [-0.1, -0.05) is 47.0 Å². The third kappa shape index (κ3) is 4.71. The highest BCUT2D eigenvalue weighted by Gasteiger charge is 2.19. The van der Waals surface area contributed by atoms with E-state index in [1.165, 1.54) is 38.5 Å². The van der Waals surface area contributed by atoms with E-state index in [0.29, 0.717) is 0 Å². The molecule has 1 aromatic rings. The molecule has 1 aliphatic rings. The molecule has 0 spiro atoms. The van der Waals surface area contributed by atoms with Crippen molar-refractivity contribution in [2.45, 2.75) is 43.4 Å². The van der Waals surface area contributed by atoms with Crippen LogP contribution in [0.4, 0.5) is 0 Å². The van der Waals surface area contributed by atoms with Crippen LogP contribution in [-0.2, 0) is 0 Å². The Hall–Kier alpha value is -0.500. The fourth-order valence-electron chi connectivity index (χ4n) is 2.57. The summed E-state index contributed by atoms with van der Waals surface area (Å²) in [5, 5.41) is 0. The lowest BCUT2D eigenvalue weighted by atomic mass is 9.86. The lowest BCUT2D eigenvalue weighted by molar-refractivity contribution is 0.272. The van der Waals surface area contributed by atoms with Gasteiger partial charge in [0.1, 0.15) is 5.75 Å². The van der Waals surface area contributed by atoms with Crippen molar-refractivity contribution < 1.29 is 4.74 Å². The number of benzene rings is 1. The first-order valence-electron chi connectivity index (χ1n) is 6.66. The minimum Gasteiger partial charge on any atom is -0.494 e. The van der Waals surface area contributed by atoms with Crippen LogP contribution >= 0.6 is 15.9 Å². The van der Waals surface area contributed by atoms with Crippen LogP contribution in [0, 0.1) is 5.92 Å². The second-order valence-corrected chi connectivity index (χ2v) is 6.23. The van der Waals surface area contributed by atoms with Crippen molar-refractivity contribution in [2.24, 2.45) is 5.92 Å². The molecule has 0 aliphatic heterocycles. The van der Waals surface area contributed by atoms with Gasteiger partial charge in [0.2, 0.25) is 0 Å². The zero-order valence-electron chi connectivity index (χ0n) is 10.3. The summed E-state index contributed by atoms with van der Waals surface area (Å²) < 4.78 is 5.71. The highest BCUT2D eigenvalue weighted by atomic mass is 79.9. The normalized spacial score (nSPS) is 24.5. The van der Waals surface area contributed by atoms with Crippen LogP contribution in [-0.4, -0.2) is 11.4 Å². The molecule has 1 aliphatic carbocycles. The lowest BCUT2D eigenvalue weighted by Crippen LogP contribution is -2.15. The molecule has 0 aromatic heterocycles. The van der Waals surface area contributed by atoms with Gasteiger partial charge in [0.25, 0.3) is 0 Å². The first kappa shape index (κ1) is 12.9. The average molecular weight is 297 g/mol. The molecule has 0 amide bonds. The first-order valence-corrected chi connectivity index (χ1v) is 7.58. The molecule has 2 unspecified atom stereocenters. The Morgan fingerprint density at radius 2 is 2.00 bits per heavy atom. The molecule has 94 valence electrons. The highest BCUT2D eigenvalue weighted by Crippen LogP contribution is 2.31. The predicted octanol–water partition coefficient (Wildman–Crippen LogP) is 4.80. The molecule has 2 rings (SSSR count). The van der Waals surface area contributed by atoms with Gasteiger partial charge in [-0.05, 0) is 43.7 Å². The van der Waals surface area contributed by atoms with Gasteiger partial charge in [0, 0.05) is 4.83 Å². The van der Waals surface area contributed by atoms with Crippen molar-refractivity contribution in [2.75, 3.05) is 6.61 Å². The van der Waals surface area contributed by atoms with Gasteiger partial charge in [-0.3, -0.25) is 0 Å². The summed E-state index contributed by atoms with van der Waals surface area (Å²) in [6.45, 7) is 0.855. The van der Waals surface area contributed by atoms with Gasteiger partial charge < -0.3 is 4.74 Å². The number of alkyl halides is 1. The van der Waals surface area contributed by atoms with E-state index in [1.807, 2.05) is 30.3 Å². The fraction of sp³-hybridized carbons (Fsp3) is 0.600. The molecule has 0 radical (unpaired) electrons. The Labute approximate surface area is 113 Å². The molecular weight excluding hydrogens is 276 g/mol. The molecule has 17 heavy (non-hydrogen) atoms. The third-order valence-electron chi connectivity index (χ3n) is 3.49. The van der Waals surface area contributed by atoms with Crippen LogP contribution in [0.5, 0.6) is 5.75 Å². The SMILES string of the molecule is BrC1CCCC(CCCOc2ccccc2)C1. The number of rotatable bonds is 5. The van der Waals surface area contributed by atoms with E-state index in [4.69, 9.17) is 4.74 Å². The van der Waals surface area contributed by atoms with Gasteiger partial charge >= 0.3 is 0 Å². The summed E-state index contributed by atoms with van der Waals surface area (Å²) in [7, 11) is 0. The summed E-state index contributed by atoms with van der Waals surface area (Å²) in [6, 6.07) is 10.1. The topological polar surface area (TPSA) is 9.23 Å². The number of halogens is 1. The minimum absolute atomic E-state index is 0.760. The van der Waals surface area contributed by atoms with Gasteiger partial charge in [-0.2, -0.15) is 0 Å². The minimum atomic E-state index is 0.760. The molecule has 1 fully saturated rings. The van der Waals surface area contributed by atoms with Gasteiger partial charge in [-0.15, -0.1) is 0 Å². The molecule has 0 heterocycles. The second-order valence-electron chi connectivity index (χ2n) is 4.93. The number of ether oxygens (including phenoxy) is 1. The molecule has 2 atom stereocenters. The quantitative estimate of drug-likeness (QED) is 0.560. The second kappa shape index (κ2) is 7.05. The molecule has 0 bridgehead atoms. The van der Waals surface area contributed by atoms with Crippen LogP contribution in [0.15, 0.2) is 30.3 Å². The zero-order chi connectivity index (χ0) is 11.9. The van der Waals surface area contributed by atoms with Crippen molar-refractivity contribution in [1.29, 1.82) is 0 Å². The predicted molar refractivity (Wildman–Crippen MR) is 75.8 cm³/mol. The number of hydrogen-bond acceptors (Lipinski definition) is 1. The monoisotopic (exact) mass is 296 g/mol. The lowest BCUT2D eigenvalue weighted by Gasteiger charge is -2.25. The van der Waals surface area contributed by atoms with Crippen LogP contribution in [0.3, 0.4) is 0 Å². The van der Waals surface area contributed by atoms with Crippen molar-refractivity contribution in [1.82, 2.24) is 0 Å². The molecule has 0 N–H and O–H groups in total. The van der Waals surface area contributed by atoms with Crippen molar-refractivity contribution in [3.63, 3.8) is 0 Å². The van der Waals surface area contributed by atoms with Crippen molar-refractivity contribution in [3.05, 3.63) is 30.3 Å². The van der Waals surface area contributed by atoms with Crippen molar-refractivity contribution in [3.8, 4) is 5.75 Å². The summed E-state index contributed by atoms with van der Waals surface area (Å²) in [4.78, 5) is 0.760. The van der Waals surface area contributed by atoms with Gasteiger partial charge in [-0.25, -0.2) is 0 Å². The molecule has 1 aromatic carbocycles. The number of para-hydroxylation sites is 1. The van der Waals surface area contributed by atoms with E-state index in [0.717, 1.165) is 23.1 Å². The maximum atomic E-state index is 5.71. The van der Waals surface area contributed by atoms with Crippen LogP contribution < -0.4 is 4.74 Å². The highest BCUT2D eigenvalue weighted by molar-refractivity contribution is 9.09. The summed E-state index contributed by atoms with van der Waals surface area (Å²) >= 11 is 3.74. The van der Waals surface area contributed by atoms with E-state index >= 15 is 0 Å². The van der Waals surface area contributed by atoms with Crippen LogP contribution in [0.25, 0.3) is 0 Å². The maximum absolute atomic E-state index is 5.71. The third-order valence-corrected chi connectivity index (χ3v) is 4.32. The smallest absolute Gasteiger partial charge is 0.119 e. The zero-order valence-corrected chi connectivity index (χ0v) is 11.9. The Morgan fingerprint density at radius 1 is 1.18 bits per heavy atom. The summed E-state index contributed by atoms with van der Waals surface area (Å²) in [5.41, 5.74) is 0. The molecule has 2 heteroatoms. The Balaban J connectivity index is 1.60. The summed E-state index contributed by atoms with van der Waals surface area (Å²) in [5.74, 6) is 1.90. The Bertz CT molecular complexity index is 312. The molecular formula is C15H21BrO. The molecule has 1 saturated carbocycles. The van der Waals surface area contributed by atoms with E-state index in [-0.39, 0.29) is 0 Å². The van der Waals surface area contributed by atoms with E-state index in [2.05, 4.69) is 15.9 Å². The Kier molecular flexibility index (Phi) is 5.37. The average Bonchev–Trinajstić information content (AvgIpc) is 2.36. The van der Waals surface area contributed by atoms with E-state index in [1.54, 1.807) is 0 Å². The van der Waals surface area contributed by atoms with E-state index < -0.39 is 0 Å².